The van der Waals surface area contributed by atoms with Crippen LogP contribution < -0.4 is 10.6 Å². The van der Waals surface area contributed by atoms with Gasteiger partial charge in [-0.1, -0.05) is 23.7 Å². The molecule has 0 bridgehead atoms. The van der Waals surface area contributed by atoms with Gasteiger partial charge in [-0.3, -0.25) is 4.79 Å². The van der Waals surface area contributed by atoms with Gasteiger partial charge in [0.1, 0.15) is 11.5 Å². The first-order valence-corrected chi connectivity index (χ1v) is 7.82. The molecule has 3 rings (SSSR count). The predicted octanol–water partition coefficient (Wildman–Crippen LogP) is 4.57. The van der Waals surface area contributed by atoms with E-state index in [1.165, 1.54) is 18.2 Å². The zero-order valence-electron chi connectivity index (χ0n) is 13.3. The lowest BCUT2D eigenvalue weighted by atomic mass is 10.2. The van der Waals surface area contributed by atoms with Crippen molar-refractivity contribution in [1.29, 1.82) is 0 Å². The highest BCUT2D eigenvalue weighted by Crippen LogP contribution is 2.19. The van der Waals surface area contributed by atoms with Crippen molar-refractivity contribution in [3.8, 4) is 0 Å². The van der Waals surface area contributed by atoms with E-state index in [2.05, 4.69) is 20.6 Å². The molecule has 2 N–H and O–H groups in total. The Morgan fingerprint density at radius 3 is 2.56 bits per heavy atom. The zero-order valence-corrected chi connectivity index (χ0v) is 14.0. The van der Waals surface area contributed by atoms with Crippen LogP contribution >= 0.6 is 11.6 Å². The molecule has 0 saturated heterocycles. The Labute approximate surface area is 148 Å². The van der Waals surface area contributed by atoms with Gasteiger partial charge in [-0.25, -0.2) is 14.4 Å². The van der Waals surface area contributed by atoms with Crippen molar-refractivity contribution < 1.29 is 9.18 Å². The Hall–Kier alpha value is -2.99. The Balaban J connectivity index is 1.82. The summed E-state index contributed by atoms with van der Waals surface area (Å²) in [6, 6.07) is 14.3. The van der Waals surface area contributed by atoms with Gasteiger partial charge in [0.05, 0.1) is 0 Å². The minimum atomic E-state index is -0.453. The molecule has 0 atom stereocenters. The summed E-state index contributed by atoms with van der Waals surface area (Å²) >= 11 is 5.95. The summed E-state index contributed by atoms with van der Waals surface area (Å²) < 4.78 is 13.2. The van der Waals surface area contributed by atoms with E-state index >= 15 is 0 Å². The van der Waals surface area contributed by atoms with E-state index in [1.807, 2.05) is 6.07 Å². The minimum absolute atomic E-state index is 0.168. The fourth-order valence-corrected chi connectivity index (χ4v) is 2.39. The molecular formula is C18H14ClFN4O. The van der Waals surface area contributed by atoms with Crippen molar-refractivity contribution in [3.05, 3.63) is 76.8 Å². The lowest BCUT2D eigenvalue weighted by Crippen LogP contribution is -2.15. The standard InChI is InChI=1S/C18H14ClFN4O/c1-11-8-16(17(25)22-15-7-3-5-13(20)10-15)24-18(21-11)23-14-6-2-4-12(19)9-14/h2-10H,1H3,(H,22,25)(H,21,23,24). The lowest BCUT2D eigenvalue weighted by molar-refractivity contribution is 0.102. The molecule has 0 aliphatic heterocycles. The van der Waals surface area contributed by atoms with E-state index in [1.54, 1.807) is 37.3 Å². The van der Waals surface area contributed by atoms with Crippen LogP contribution in [0.15, 0.2) is 54.6 Å². The van der Waals surface area contributed by atoms with E-state index < -0.39 is 11.7 Å². The topological polar surface area (TPSA) is 66.9 Å². The molecule has 25 heavy (non-hydrogen) atoms. The highest BCUT2D eigenvalue weighted by Gasteiger charge is 2.11. The van der Waals surface area contributed by atoms with Gasteiger partial charge < -0.3 is 10.6 Å². The molecular weight excluding hydrogens is 343 g/mol. The van der Waals surface area contributed by atoms with Crippen molar-refractivity contribution in [1.82, 2.24) is 9.97 Å². The molecule has 1 amide bonds. The van der Waals surface area contributed by atoms with E-state index in [4.69, 9.17) is 11.6 Å². The van der Waals surface area contributed by atoms with Gasteiger partial charge in [-0.2, -0.15) is 0 Å². The van der Waals surface area contributed by atoms with Crippen LogP contribution in [0.1, 0.15) is 16.2 Å². The Kier molecular flexibility index (Phi) is 4.90. The van der Waals surface area contributed by atoms with Crippen molar-refractivity contribution >= 4 is 34.8 Å². The summed E-state index contributed by atoms with van der Waals surface area (Å²) in [4.78, 5) is 20.8. The second-order valence-electron chi connectivity index (χ2n) is 5.32. The predicted molar refractivity (Wildman–Crippen MR) is 95.9 cm³/mol. The fourth-order valence-electron chi connectivity index (χ4n) is 2.20. The second-order valence-corrected chi connectivity index (χ2v) is 5.75. The number of halogens is 2. The number of amides is 1. The molecule has 0 fully saturated rings. The van der Waals surface area contributed by atoms with Gasteiger partial charge in [0.2, 0.25) is 5.95 Å². The van der Waals surface area contributed by atoms with E-state index in [0.29, 0.717) is 22.1 Å². The highest BCUT2D eigenvalue weighted by atomic mass is 35.5. The third kappa shape index (κ3) is 4.51. The molecule has 0 saturated carbocycles. The van der Waals surface area contributed by atoms with Crippen LogP contribution in [-0.2, 0) is 0 Å². The molecule has 7 heteroatoms. The number of nitrogens with one attached hydrogen (secondary N) is 2. The number of aryl methyl sites for hydroxylation is 1. The number of carbonyl (C=O) groups is 1. The number of benzene rings is 2. The summed E-state index contributed by atoms with van der Waals surface area (Å²) in [5.74, 6) is -0.614. The number of carbonyl (C=O) groups excluding carboxylic acids is 1. The number of hydrogen-bond donors (Lipinski definition) is 2. The number of nitrogens with zero attached hydrogens (tertiary/aromatic N) is 2. The molecule has 2 aromatic carbocycles. The van der Waals surface area contributed by atoms with Crippen LogP contribution in [-0.4, -0.2) is 15.9 Å². The second kappa shape index (κ2) is 7.27. The molecule has 0 unspecified atom stereocenters. The van der Waals surface area contributed by atoms with Crippen molar-refractivity contribution in [2.75, 3.05) is 10.6 Å². The molecule has 1 aromatic heterocycles. The Morgan fingerprint density at radius 1 is 1.04 bits per heavy atom. The maximum atomic E-state index is 13.2. The van der Waals surface area contributed by atoms with Crippen LogP contribution in [0, 0.1) is 12.7 Å². The van der Waals surface area contributed by atoms with Gasteiger partial charge in [0, 0.05) is 22.1 Å². The number of rotatable bonds is 4. The molecule has 0 radical (unpaired) electrons. The molecule has 0 aliphatic carbocycles. The molecule has 126 valence electrons. The van der Waals surface area contributed by atoms with Crippen LogP contribution in [0.4, 0.5) is 21.7 Å². The van der Waals surface area contributed by atoms with Crippen LogP contribution in [0.5, 0.6) is 0 Å². The molecule has 3 aromatic rings. The first-order chi connectivity index (χ1) is 12.0. The monoisotopic (exact) mass is 356 g/mol. The average Bonchev–Trinajstić information content (AvgIpc) is 2.54. The largest absolute Gasteiger partial charge is 0.324 e. The van der Waals surface area contributed by atoms with Gasteiger partial charge >= 0.3 is 0 Å². The maximum absolute atomic E-state index is 13.2. The molecule has 5 nitrogen and oxygen atoms in total. The fraction of sp³-hybridized carbons (Fsp3) is 0.0556. The van der Waals surface area contributed by atoms with Crippen molar-refractivity contribution in [3.63, 3.8) is 0 Å². The van der Waals surface area contributed by atoms with Crippen LogP contribution in [0.2, 0.25) is 5.02 Å². The SMILES string of the molecule is Cc1cc(C(=O)Nc2cccc(F)c2)nc(Nc2cccc(Cl)c2)n1. The number of hydrogen-bond acceptors (Lipinski definition) is 4. The normalized spacial score (nSPS) is 10.4. The van der Waals surface area contributed by atoms with E-state index in [0.717, 1.165) is 0 Å². The van der Waals surface area contributed by atoms with Gasteiger partial charge in [-0.05, 0) is 49.4 Å². The van der Waals surface area contributed by atoms with Crippen LogP contribution in [0.25, 0.3) is 0 Å². The summed E-state index contributed by atoms with van der Waals surface area (Å²) in [7, 11) is 0. The first kappa shape index (κ1) is 16.9. The Bertz CT molecular complexity index is 932. The Morgan fingerprint density at radius 2 is 1.80 bits per heavy atom. The van der Waals surface area contributed by atoms with Crippen LogP contribution in [0.3, 0.4) is 0 Å². The molecule has 0 aliphatic rings. The van der Waals surface area contributed by atoms with Gasteiger partial charge in [-0.15, -0.1) is 0 Å². The summed E-state index contributed by atoms with van der Waals surface area (Å²) in [5.41, 5.74) is 1.84. The molecule has 1 heterocycles. The average molecular weight is 357 g/mol. The lowest BCUT2D eigenvalue weighted by Gasteiger charge is -2.09. The summed E-state index contributed by atoms with van der Waals surface area (Å²) in [5, 5.41) is 6.19. The third-order valence-electron chi connectivity index (χ3n) is 3.25. The summed E-state index contributed by atoms with van der Waals surface area (Å²) in [6.07, 6.45) is 0. The van der Waals surface area contributed by atoms with Gasteiger partial charge in [0.25, 0.3) is 5.91 Å². The first-order valence-electron chi connectivity index (χ1n) is 7.45. The molecule has 0 spiro atoms. The van der Waals surface area contributed by atoms with E-state index in [9.17, 15) is 9.18 Å². The quantitative estimate of drug-likeness (QED) is 0.718. The number of anilines is 3. The summed E-state index contributed by atoms with van der Waals surface area (Å²) in [6.45, 7) is 1.75. The zero-order chi connectivity index (χ0) is 17.8. The van der Waals surface area contributed by atoms with Crippen molar-refractivity contribution in [2.24, 2.45) is 0 Å². The number of aromatic nitrogens is 2. The highest BCUT2D eigenvalue weighted by molar-refractivity contribution is 6.30. The third-order valence-corrected chi connectivity index (χ3v) is 3.49. The van der Waals surface area contributed by atoms with Crippen molar-refractivity contribution in [2.45, 2.75) is 6.92 Å². The smallest absolute Gasteiger partial charge is 0.274 e. The minimum Gasteiger partial charge on any atom is -0.324 e. The van der Waals surface area contributed by atoms with Gasteiger partial charge in [0.15, 0.2) is 0 Å². The van der Waals surface area contributed by atoms with E-state index in [-0.39, 0.29) is 11.6 Å². The maximum Gasteiger partial charge on any atom is 0.274 e.